The second kappa shape index (κ2) is 7.38. The summed E-state index contributed by atoms with van der Waals surface area (Å²) in [5, 5.41) is 7.13. The van der Waals surface area contributed by atoms with Gasteiger partial charge in [-0.05, 0) is 24.8 Å². The van der Waals surface area contributed by atoms with E-state index < -0.39 is 5.41 Å². The van der Waals surface area contributed by atoms with Crippen molar-refractivity contribution in [2.75, 3.05) is 20.3 Å². The van der Waals surface area contributed by atoms with Gasteiger partial charge in [-0.15, -0.1) is 0 Å². The van der Waals surface area contributed by atoms with Crippen LogP contribution in [0, 0.1) is 11.2 Å². The predicted molar refractivity (Wildman–Crippen MR) is 99.9 cm³/mol. The Morgan fingerprint density at radius 3 is 2.67 bits per heavy atom. The first kappa shape index (κ1) is 19.5. The highest BCUT2D eigenvalue weighted by atomic mass is 19.1. The van der Waals surface area contributed by atoms with Crippen molar-refractivity contribution in [2.45, 2.75) is 45.6 Å². The molecule has 1 heterocycles. The van der Waals surface area contributed by atoms with Gasteiger partial charge in [0.25, 0.3) is 0 Å². The summed E-state index contributed by atoms with van der Waals surface area (Å²) in [6, 6.07) is 6.85. The Hall–Kier alpha value is -2.28. The molecule has 0 aliphatic heterocycles. The molecule has 0 saturated heterocycles. The normalized spacial score (nSPS) is 20.5. The third-order valence-electron chi connectivity index (χ3n) is 5.42. The minimum atomic E-state index is -0.557. The van der Waals surface area contributed by atoms with Crippen molar-refractivity contribution >= 4 is 5.91 Å². The number of hydrogen-bond acceptors (Lipinski definition) is 4. The maximum absolute atomic E-state index is 14.7. The maximum atomic E-state index is 14.7. The zero-order valence-electron chi connectivity index (χ0n) is 16.4. The molecule has 1 N–H and O–H groups in total. The summed E-state index contributed by atoms with van der Waals surface area (Å²) < 4.78 is 22.0. The molecular formula is C20H27FN4O2. The van der Waals surface area contributed by atoms with E-state index >= 15 is 0 Å². The fourth-order valence-corrected chi connectivity index (χ4v) is 3.85. The summed E-state index contributed by atoms with van der Waals surface area (Å²) in [5.74, 6) is 0.754. The average Bonchev–Trinajstić information content (AvgIpc) is 3.00. The SMILES string of the molecule is CCOCCn1nc(CC(=O)NC)nc1C1(c2ccccc2F)CC1(C)C. The molecule has 1 amide bonds. The molecular weight excluding hydrogens is 347 g/mol. The minimum absolute atomic E-state index is 0.0961. The number of rotatable bonds is 8. The van der Waals surface area contributed by atoms with Gasteiger partial charge in [-0.2, -0.15) is 5.10 Å². The van der Waals surface area contributed by atoms with Crippen LogP contribution in [0.1, 0.15) is 44.4 Å². The van der Waals surface area contributed by atoms with E-state index in [9.17, 15) is 9.18 Å². The molecule has 1 unspecified atom stereocenters. The molecule has 0 spiro atoms. The zero-order chi connectivity index (χ0) is 19.7. The summed E-state index contributed by atoms with van der Waals surface area (Å²) in [6.07, 6.45) is 0.868. The Morgan fingerprint density at radius 1 is 1.37 bits per heavy atom. The van der Waals surface area contributed by atoms with Gasteiger partial charge >= 0.3 is 0 Å². The van der Waals surface area contributed by atoms with Crippen LogP contribution < -0.4 is 5.32 Å². The Labute approximate surface area is 159 Å². The molecule has 1 fully saturated rings. The highest BCUT2D eigenvalue weighted by Crippen LogP contribution is 2.67. The van der Waals surface area contributed by atoms with Gasteiger partial charge in [0.05, 0.1) is 25.0 Å². The predicted octanol–water partition coefficient (Wildman–Crippen LogP) is 2.46. The first-order valence-electron chi connectivity index (χ1n) is 9.33. The van der Waals surface area contributed by atoms with E-state index in [0.29, 0.717) is 37.0 Å². The van der Waals surface area contributed by atoms with Crippen molar-refractivity contribution in [3.63, 3.8) is 0 Å². The monoisotopic (exact) mass is 374 g/mol. The minimum Gasteiger partial charge on any atom is -0.380 e. The Morgan fingerprint density at radius 2 is 2.07 bits per heavy atom. The molecule has 7 heteroatoms. The second-order valence-corrected chi connectivity index (χ2v) is 7.57. The van der Waals surface area contributed by atoms with Gasteiger partial charge in [0.2, 0.25) is 5.91 Å². The molecule has 1 aliphatic carbocycles. The first-order chi connectivity index (χ1) is 12.9. The topological polar surface area (TPSA) is 69.0 Å². The van der Waals surface area contributed by atoms with E-state index in [1.807, 2.05) is 19.1 Å². The van der Waals surface area contributed by atoms with Crippen LogP contribution in [0.25, 0.3) is 0 Å². The van der Waals surface area contributed by atoms with Gasteiger partial charge in [-0.3, -0.25) is 4.79 Å². The van der Waals surface area contributed by atoms with Crippen molar-refractivity contribution in [2.24, 2.45) is 5.41 Å². The number of nitrogens with one attached hydrogen (secondary N) is 1. The number of ether oxygens (including phenoxy) is 1. The fraction of sp³-hybridized carbons (Fsp3) is 0.550. The van der Waals surface area contributed by atoms with Crippen LogP contribution in [0.2, 0.25) is 0 Å². The van der Waals surface area contributed by atoms with Gasteiger partial charge < -0.3 is 10.1 Å². The van der Waals surface area contributed by atoms with Crippen molar-refractivity contribution in [3.8, 4) is 0 Å². The Bertz CT molecular complexity index is 833. The lowest BCUT2D eigenvalue weighted by Crippen LogP contribution is -2.25. The molecule has 0 bridgehead atoms. The van der Waals surface area contributed by atoms with Crippen LogP contribution in [-0.4, -0.2) is 40.9 Å². The molecule has 27 heavy (non-hydrogen) atoms. The summed E-state index contributed by atoms with van der Waals surface area (Å²) in [5.41, 5.74) is -0.0828. The summed E-state index contributed by atoms with van der Waals surface area (Å²) >= 11 is 0. The van der Waals surface area contributed by atoms with E-state index in [1.54, 1.807) is 17.8 Å². The van der Waals surface area contributed by atoms with Crippen molar-refractivity contribution in [1.29, 1.82) is 0 Å². The van der Waals surface area contributed by atoms with E-state index in [2.05, 4.69) is 24.3 Å². The molecule has 2 aromatic rings. The molecule has 3 rings (SSSR count). The maximum Gasteiger partial charge on any atom is 0.227 e. The number of benzene rings is 1. The van der Waals surface area contributed by atoms with E-state index in [4.69, 9.17) is 9.72 Å². The lowest BCUT2D eigenvalue weighted by Gasteiger charge is -2.22. The number of aromatic nitrogens is 3. The number of nitrogens with zero attached hydrogens (tertiary/aromatic N) is 3. The molecule has 1 aromatic carbocycles. The smallest absolute Gasteiger partial charge is 0.227 e. The quantitative estimate of drug-likeness (QED) is 0.721. The number of carbonyl (C=O) groups excluding carboxylic acids is 1. The van der Waals surface area contributed by atoms with Crippen LogP contribution in [0.5, 0.6) is 0 Å². The van der Waals surface area contributed by atoms with Crippen LogP contribution >= 0.6 is 0 Å². The Kier molecular flexibility index (Phi) is 5.33. The summed E-state index contributed by atoms with van der Waals surface area (Å²) in [4.78, 5) is 16.5. The van der Waals surface area contributed by atoms with Crippen LogP contribution in [-0.2, 0) is 27.9 Å². The van der Waals surface area contributed by atoms with Gasteiger partial charge in [0.15, 0.2) is 5.82 Å². The number of carbonyl (C=O) groups is 1. The van der Waals surface area contributed by atoms with Crippen LogP contribution in [0.3, 0.4) is 0 Å². The van der Waals surface area contributed by atoms with Crippen molar-refractivity contribution < 1.29 is 13.9 Å². The molecule has 6 nitrogen and oxygen atoms in total. The lowest BCUT2D eigenvalue weighted by molar-refractivity contribution is -0.120. The second-order valence-electron chi connectivity index (χ2n) is 7.57. The lowest BCUT2D eigenvalue weighted by atomic mass is 9.86. The Balaban J connectivity index is 2.06. The fourth-order valence-electron chi connectivity index (χ4n) is 3.85. The van der Waals surface area contributed by atoms with Crippen molar-refractivity contribution in [3.05, 3.63) is 47.3 Å². The van der Waals surface area contributed by atoms with Crippen molar-refractivity contribution in [1.82, 2.24) is 20.1 Å². The van der Waals surface area contributed by atoms with Crippen LogP contribution in [0.4, 0.5) is 4.39 Å². The van der Waals surface area contributed by atoms with Crippen LogP contribution in [0.15, 0.2) is 24.3 Å². The van der Waals surface area contributed by atoms with Gasteiger partial charge in [0.1, 0.15) is 11.6 Å². The molecule has 146 valence electrons. The highest BCUT2D eigenvalue weighted by molar-refractivity contribution is 5.77. The largest absolute Gasteiger partial charge is 0.380 e. The number of halogens is 1. The first-order valence-corrected chi connectivity index (χ1v) is 9.33. The zero-order valence-corrected chi connectivity index (χ0v) is 16.4. The van der Waals surface area contributed by atoms with Gasteiger partial charge in [0, 0.05) is 19.2 Å². The standard InChI is InChI=1S/C20H27FN4O2/c1-5-27-11-10-25-18(23-16(24-25)12-17(26)22-4)20(13-19(20,2)3)14-8-6-7-9-15(14)21/h6-9H,5,10-13H2,1-4H3,(H,22,26). The van der Waals surface area contributed by atoms with Gasteiger partial charge in [-0.25, -0.2) is 14.1 Å². The number of amides is 1. The van der Waals surface area contributed by atoms with E-state index in [0.717, 1.165) is 6.42 Å². The van der Waals surface area contributed by atoms with E-state index in [1.165, 1.54) is 6.07 Å². The molecule has 0 radical (unpaired) electrons. The molecule has 1 aromatic heterocycles. The summed E-state index contributed by atoms with van der Waals surface area (Å²) in [7, 11) is 1.58. The molecule has 1 saturated carbocycles. The highest BCUT2D eigenvalue weighted by Gasteiger charge is 2.66. The number of likely N-dealkylation sites (N-methyl/N-ethyl adjacent to an activating group) is 1. The average molecular weight is 374 g/mol. The third kappa shape index (κ3) is 3.48. The molecule has 1 atom stereocenters. The van der Waals surface area contributed by atoms with Gasteiger partial charge in [-0.1, -0.05) is 32.0 Å². The van der Waals surface area contributed by atoms with E-state index in [-0.39, 0.29) is 23.6 Å². The number of hydrogen-bond donors (Lipinski definition) is 1. The molecule has 1 aliphatic rings. The third-order valence-corrected chi connectivity index (χ3v) is 5.42. The summed E-state index contributed by atoms with van der Waals surface area (Å²) in [6.45, 7) is 7.76.